The number of nitrogens with one attached hydrogen (secondary N) is 1. The van der Waals surface area contributed by atoms with E-state index >= 15 is 0 Å². The number of hydrogen-bond donors (Lipinski definition) is 1. The van der Waals surface area contributed by atoms with Crippen LogP contribution in [0, 0.1) is 19.7 Å². The minimum Gasteiger partial charge on any atom is -0.487 e. The van der Waals surface area contributed by atoms with Gasteiger partial charge in [-0.1, -0.05) is 34.1 Å². The molecule has 4 rings (SSSR count). The molecule has 3 aromatic rings. The lowest BCUT2D eigenvalue weighted by molar-refractivity contribution is -0.122. The third kappa shape index (κ3) is 5.36. The number of rotatable bonds is 5. The average molecular weight is 602 g/mol. The zero-order chi connectivity index (χ0) is 25.3. The first kappa shape index (κ1) is 24.8. The van der Waals surface area contributed by atoms with E-state index in [1.165, 1.54) is 18.2 Å². The molecule has 0 aromatic heterocycles. The van der Waals surface area contributed by atoms with Gasteiger partial charge in [0, 0.05) is 10.0 Å². The summed E-state index contributed by atoms with van der Waals surface area (Å²) < 4.78 is 20.7. The Kier molecular flexibility index (Phi) is 7.18. The Hall–Kier alpha value is -3.30. The number of aryl methyl sites for hydroxylation is 2. The van der Waals surface area contributed by atoms with Crippen LogP contribution in [-0.4, -0.2) is 17.8 Å². The molecule has 35 heavy (non-hydrogen) atoms. The molecule has 4 amide bonds. The second kappa shape index (κ2) is 10.1. The third-order valence-electron chi connectivity index (χ3n) is 5.46. The monoisotopic (exact) mass is 600 g/mol. The number of amides is 4. The summed E-state index contributed by atoms with van der Waals surface area (Å²) in [6, 6.07) is 13.8. The Morgan fingerprint density at radius 3 is 2.49 bits per heavy atom. The lowest BCUT2D eigenvalue weighted by Crippen LogP contribution is -2.54. The van der Waals surface area contributed by atoms with Crippen LogP contribution in [0.3, 0.4) is 0 Å². The number of ether oxygens (including phenoxy) is 1. The largest absolute Gasteiger partial charge is 0.487 e. The molecule has 6 nitrogen and oxygen atoms in total. The van der Waals surface area contributed by atoms with E-state index in [0.717, 1.165) is 16.0 Å². The van der Waals surface area contributed by atoms with Crippen molar-refractivity contribution >= 4 is 61.5 Å². The normalized spacial score (nSPS) is 14.9. The van der Waals surface area contributed by atoms with E-state index in [1.54, 1.807) is 42.5 Å². The fourth-order valence-corrected chi connectivity index (χ4v) is 4.91. The van der Waals surface area contributed by atoms with Crippen LogP contribution in [0.15, 0.2) is 69.1 Å². The highest BCUT2D eigenvalue weighted by molar-refractivity contribution is 9.11. The van der Waals surface area contributed by atoms with Crippen molar-refractivity contribution in [2.24, 2.45) is 0 Å². The number of imide groups is 2. The zero-order valence-electron chi connectivity index (χ0n) is 18.7. The van der Waals surface area contributed by atoms with Crippen LogP contribution >= 0.6 is 31.9 Å². The minimum atomic E-state index is -0.821. The van der Waals surface area contributed by atoms with Crippen molar-refractivity contribution in [1.29, 1.82) is 0 Å². The molecular formula is C26H19Br2FN2O4. The van der Waals surface area contributed by atoms with Crippen molar-refractivity contribution in [2.75, 3.05) is 4.90 Å². The van der Waals surface area contributed by atoms with Gasteiger partial charge in [-0.25, -0.2) is 14.1 Å². The van der Waals surface area contributed by atoms with Crippen LogP contribution in [0.25, 0.3) is 6.08 Å². The number of halogens is 3. The van der Waals surface area contributed by atoms with E-state index in [1.807, 2.05) is 13.8 Å². The fourth-order valence-electron chi connectivity index (χ4n) is 3.53. The molecule has 9 heteroatoms. The van der Waals surface area contributed by atoms with Crippen LogP contribution in [0.1, 0.15) is 22.3 Å². The van der Waals surface area contributed by atoms with E-state index in [2.05, 4.69) is 37.2 Å². The zero-order valence-corrected chi connectivity index (χ0v) is 21.9. The summed E-state index contributed by atoms with van der Waals surface area (Å²) >= 11 is 6.85. The first-order valence-corrected chi connectivity index (χ1v) is 12.1. The fraction of sp³-hybridized carbons (Fsp3) is 0.115. The van der Waals surface area contributed by atoms with Crippen LogP contribution in [0.5, 0.6) is 5.75 Å². The molecule has 0 spiro atoms. The van der Waals surface area contributed by atoms with E-state index in [4.69, 9.17) is 4.74 Å². The summed E-state index contributed by atoms with van der Waals surface area (Å²) in [5.41, 5.74) is 3.04. The van der Waals surface area contributed by atoms with Crippen molar-refractivity contribution in [3.05, 3.63) is 97.2 Å². The highest BCUT2D eigenvalue weighted by Crippen LogP contribution is 2.36. The van der Waals surface area contributed by atoms with Gasteiger partial charge in [-0.3, -0.25) is 14.9 Å². The smallest absolute Gasteiger partial charge is 0.335 e. The molecule has 0 unspecified atom stereocenters. The lowest BCUT2D eigenvalue weighted by Gasteiger charge is -2.27. The molecular weight excluding hydrogens is 583 g/mol. The number of urea groups is 1. The van der Waals surface area contributed by atoms with Crippen molar-refractivity contribution < 1.29 is 23.5 Å². The molecule has 1 aliphatic heterocycles. The topological polar surface area (TPSA) is 75.7 Å². The molecule has 0 bridgehead atoms. The summed E-state index contributed by atoms with van der Waals surface area (Å²) in [6.07, 6.45) is 1.37. The van der Waals surface area contributed by atoms with Gasteiger partial charge in [0.05, 0.1) is 10.2 Å². The molecule has 3 aromatic carbocycles. The van der Waals surface area contributed by atoms with Gasteiger partial charge in [0.15, 0.2) is 0 Å². The number of benzene rings is 3. The molecule has 1 fully saturated rings. The maximum Gasteiger partial charge on any atom is 0.335 e. The number of nitrogens with zero attached hydrogens (tertiary/aromatic N) is 1. The molecule has 1 aliphatic rings. The van der Waals surface area contributed by atoms with E-state index in [-0.39, 0.29) is 18.0 Å². The van der Waals surface area contributed by atoms with Gasteiger partial charge in [-0.05, 0) is 88.9 Å². The first-order chi connectivity index (χ1) is 16.6. The molecule has 0 radical (unpaired) electrons. The summed E-state index contributed by atoms with van der Waals surface area (Å²) in [7, 11) is 0. The van der Waals surface area contributed by atoms with Crippen LogP contribution in [0.2, 0.25) is 0 Å². The summed E-state index contributed by atoms with van der Waals surface area (Å²) in [6.45, 7) is 3.85. The Labute approximate surface area is 218 Å². The van der Waals surface area contributed by atoms with Gasteiger partial charge in [-0.2, -0.15) is 0 Å². The van der Waals surface area contributed by atoms with Gasteiger partial charge in [0.2, 0.25) is 0 Å². The predicted molar refractivity (Wildman–Crippen MR) is 137 cm³/mol. The van der Waals surface area contributed by atoms with Crippen LogP contribution in [-0.2, 0) is 16.2 Å². The Morgan fingerprint density at radius 1 is 1.00 bits per heavy atom. The minimum absolute atomic E-state index is 0.0571. The second-order valence-electron chi connectivity index (χ2n) is 7.95. The number of carbonyl (C=O) groups excluding carboxylic acids is 3. The molecule has 0 atom stereocenters. The van der Waals surface area contributed by atoms with Gasteiger partial charge in [0.25, 0.3) is 11.8 Å². The van der Waals surface area contributed by atoms with Gasteiger partial charge in [-0.15, -0.1) is 0 Å². The maximum absolute atomic E-state index is 13.6. The molecule has 0 saturated carbocycles. The summed E-state index contributed by atoms with van der Waals surface area (Å²) in [4.78, 5) is 39.5. The van der Waals surface area contributed by atoms with Gasteiger partial charge in [0.1, 0.15) is 23.7 Å². The Bertz CT molecular complexity index is 1400. The highest BCUT2D eigenvalue weighted by Gasteiger charge is 2.37. The third-order valence-corrected chi connectivity index (χ3v) is 6.51. The quantitative estimate of drug-likeness (QED) is 0.279. The summed E-state index contributed by atoms with van der Waals surface area (Å²) in [5, 5.41) is 2.23. The molecule has 1 N–H and O–H groups in total. The SMILES string of the molecule is Cc1ccc(N2C(=O)NC(=O)/C(=C\c3cc(Br)cc(Br)c3OCc3cccc(F)c3)C2=O)cc1C. The summed E-state index contributed by atoms with van der Waals surface area (Å²) in [5.74, 6) is -1.61. The van der Waals surface area contributed by atoms with Crippen molar-refractivity contribution in [2.45, 2.75) is 20.5 Å². The van der Waals surface area contributed by atoms with Crippen molar-refractivity contribution in [3.63, 3.8) is 0 Å². The number of carbonyl (C=O) groups is 3. The molecule has 178 valence electrons. The molecule has 1 saturated heterocycles. The van der Waals surface area contributed by atoms with Crippen LogP contribution in [0.4, 0.5) is 14.9 Å². The van der Waals surface area contributed by atoms with Crippen molar-refractivity contribution in [1.82, 2.24) is 5.32 Å². The molecule has 1 heterocycles. The number of barbiturate groups is 1. The Morgan fingerprint density at radius 2 is 1.77 bits per heavy atom. The van der Waals surface area contributed by atoms with E-state index in [9.17, 15) is 18.8 Å². The Balaban J connectivity index is 1.72. The first-order valence-electron chi connectivity index (χ1n) is 10.5. The highest BCUT2D eigenvalue weighted by atomic mass is 79.9. The van der Waals surface area contributed by atoms with Crippen molar-refractivity contribution in [3.8, 4) is 5.75 Å². The average Bonchev–Trinajstić information content (AvgIpc) is 2.78. The number of anilines is 1. The maximum atomic E-state index is 13.6. The van der Waals surface area contributed by atoms with E-state index in [0.29, 0.717) is 31.5 Å². The standard InChI is InChI=1S/C26H19Br2FN2O4/c1-14-6-7-20(8-15(14)2)31-25(33)21(24(32)30-26(31)34)11-17-10-18(27)12-22(28)23(17)35-13-16-4-3-5-19(29)9-16/h3-12H,13H2,1-2H3,(H,30,32,34)/b21-11+. The number of hydrogen-bond acceptors (Lipinski definition) is 4. The van der Waals surface area contributed by atoms with E-state index < -0.39 is 17.8 Å². The van der Waals surface area contributed by atoms with Gasteiger partial charge < -0.3 is 4.74 Å². The van der Waals surface area contributed by atoms with Gasteiger partial charge >= 0.3 is 6.03 Å². The second-order valence-corrected chi connectivity index (χ2v) is 9.72. The predicted octanol–water partition coefficient (Wildman–Crippen LogP) is 6.21. The molecule has 0 aliphatic carbocycles. The lowest BCUT2D eigenvalue weighted by atomic mass is 10.0. The van der Waals surface area contributed by atoms with Crippen LogP contribution < -0.4 is 15.0 Å².